The number of nitrogens with zero attached hydrogens (tertiary/aromatic N) is 1. The van der Waals surface area contributed by atoms with E-state index >= 15 is 0 Å². The molecule has 2 fully saturated rings. The molecule has 2 aliphatic rings. The van der Waals surface area contributed by atoms with E-state index in [4.69, 9.17) is 9.47 Å². The van der Waals surface area contributed by atoms with E-state index in [1.54, 1.807) is 7.11 Å². The van der Waals surface area contributed by atoms with E-state index < -0.39 is 11.4 Å². The molecule has 3 atom stereocenters. The first kappa shape index (κ1) is 19.6. The van der Waals surface area contributed by atoms with Crippen molar-refractivity contribution >= 4 is 11.8 Å². The lowest BCUT2D eigenvalue weighted by molar-refractivity contribution is -0.167. The van der Waals surface area contributed by atoms with Gasteiger partial charge in [0.05, 0.1) is 14.2 Å². The maximum atomic E-state index is 13.4. The summed E-state index contributed by atoms with van der Waals surface area (Å²) in [6, 6.07) is 17.9. The number of carbonyl (C=O) groups excluding carboxylic acids is 2. The molecular formula is C24H27NO4. The average molecular weight is 393 g/mol. The Hall–Kier alpha value is -2.66. The summed E-state index contributed by atoms with van der Waals surface area (Å²) in [6.45, 7) is 0.741. The third kappa shape index (κ3) is 3.44. The van der Waals surface area contributed by atoms with Crippen LogP contribution < -0.4 is 4.74 Å². The van der Waals surface area contributed by atoms with Crippen molar-refractivity contribution in [2.45, 2.75) is 44.3 Å². The highest BCUT2D eigenvalue weighted by Crippen LogP contribution is 2.48. The SMILES string of the molecule is COC(=O)[C@@]1(Cc2ccc(OC)cc2)C(=O)C[C@H]2CC[C@H]1N2Cc1ccccc1. The fourth-order valence-corrected chi connectivity index (χ4v) is 5.09. The molecule has 29 heavy (non-hydrogen) atoms. The van der Waals surface area contributed by atoms with Gasteiger partial charge in [0.25, 0.3) is 0 Å². The van der Waals surface area contributed by atoms with E-state index in [2.05, 4.69) is 17.0 Å². The van der Waals surface area contributed by atoms with Crippen molar-refractivity contribution in [2.24, 2.45) is 5.41 Å². The number of methoxy groups -OCH3 is 2. The third-order valence-electron chi connectivity index (χ3n) is 6.53. The molecule has 0 aliphatic carbocycles. The molecule has 4 rings (SSSR count). The first-order chi connectivity index (χ1) is 14.1. The lowest BCUT2D eigenvalue weighted by Crippen LogP contribution is -2.61. The molecule has 2 aromatic carbocycles. The molecule has 5 heteroatoms. The second-order valence-corrected chi connectivity index (χ2v) is 8.02. The molecule has 2 bridgehead atoms. The monoisotopic (exact) mass is 393 g/mol. The van der Waals surface area contributed by atoms with Crippen molar-refractivity contribution in [1.82, 2.24) is 4.90 Å². The van der Waals surface area contributed by atoms with Gasteiger partial charge in [0.1, 0.15) is 11.2 Å². The van der Waals surface area contributed by atoms with Crippen molar-refractivity contribution in [3.05, 3.63) is 65.7 Å². The maximum absolute atomic E-state index is 13.4. The maximum Gasteiger partial charge on any atom is 0.321 e. The Morgan fingerprint density at radius 3 is 2.41 bits per heavy atom. The van der Waals surface area contributed by atoms with Gasteiger partial charge < -0.3 is 9.47 Å². The Kier molecular flexibility index (Phi) is 5.41. The van der Waals surface area contributed by atoms with Gasteiger partial charge in [0.2, 0.25) is 0 Å². The number of Topliss-reactive ketones (excluding diaryl/α,β-unsaturated/α-hetero) is 1. The Morgan fingerprint density at radius 1 is 1.03 bits per heavy atom. The summed E-state index contributed by atoms with van der Waals surface area (Å²) >= 11 is 0. The van der Waals surface area contributed by atoms with Crippen molar-refractivity contribution < 1.29 is 19.1 Å². The highest BCUT2D eigenvalue weighted by atomic mass is 16.5. The standard InChI is InChI=1S/C24H27NO4/c1-28-20-11-8-17(9-12-20)15-24(23(27)29-2)21-13-10-19(14-22(24)26)25(21)16-18-6-4-3-5-7-18/h3-9,11-12,19,21H,10,13-16H2,1-2H3/t19-,21-,24-/m1/s1. The Balaban J connectivity index is 1.70. The molecule has 0 spiro atoms. The van der Waals surface area contributed by atoms with E-state index in [1.165, 1.54) is 12.7 Å². The predicted molar refractivity (Wildman–Crippen MR) is 110 cm³/mol. The van der Waals surface area contributed by atoms with Gasteiger partial charge >= 0.3 is 5.97 Å². The van der Waals surface area contributed by atoms with Gasteiger partial charge in [-0.05, 0) is 42.5 Å². The highest BCUT2D eigenvalue weighted by molar-refractivity contribution is 6.06. The van der Waals surface area contributed by atoms with Gasteiger partial charge in [-0.3, -0.25) is 14.5 Å². The Morgan fingerprint density at radius 2 is 1.76 bits per heavy atom. The second-order valence-electron chi connectivity index (χ2n) is 8.02. The van der Waals surface area contributed by atoms with Crippen molar-refractivity contribution in [2.75, 3.05) is 14.2 Å². The normalized spacial score (nSPS) is 26.3. The fourth-order valence-electron chi connectivity index (χ4n) is 5.09. The number of piperidine rings is 1. The van der Waals surface area contributed by atoms with Crippen LogP contribution in [0.3, 0.4) is 0 Å². The van der Waals surface area contributed by atoms with Crippen LogP contribution in [0.5, 0.6) is 5.75 Å². The summed E-state index contributed by atoms with van der Waals surface area (Å²) in [4.78, 5) is 28.8. The van der Waals surface area contributed by atoms with Crippen LogP contribution >= 0.6 is 0 Å². The van der Waals surface area contributed by atoms with Crippen molar-refractivity contribution in [1.29, 1.82) is 0 Å². The number of benzene rings is 2. The zero-order chi connectivity index (χ0) is 20.4. The molecule has 0 N–H and O–H groups in total. The molecule has 0 amide bonds. The summed E-state index contributed by atoms with van der Waals surface area (Å²) in [7, 11) is 3.00. The number of fused-ring (bicyclic) bond motifs is 2. The number of rotatable bonds is 6. The van der Waals surface area contributed by atoms with Crippen LogP contribution in [0, 0.1) is 5.41 Å². The van der Waals surface area contributed by atoms with Crippen LogP contribution in [-0.4, -0.2) is 43.0 Å². The lowest BCUT2D eigenvalue weighted by atomic mass is 9.68. The summed E-state index contributed by atoms with van der Waals surface area (Å²) in [6.07, 6.45) is 2.51. The number of ketones is 1. The van der Waals surface area contributed by atoms with E-state index in [9.17, 15) is 9.59 Å². The van der Waals surface area contributed by atoms with Crippen LogP contribution in [0.1, 0.15) is 30.4 Å². The van der Waals surface area contributed by atoms with Gasteiger partial charge in [-0.2, -0.15) is 0 Å². The number of carbonyl (C=O) groups is 2. The molecule has 0 radical (unpaired) electrons. The van der Waals surface area contributed by atoms with E-state index in [0.717, 1.165) is 30.7 Å². The van der Waals surface area contributed by atoms with Gasteiger partial charge in [-0.1, -0.05) is 42.5 Å². The highest BCUT2D eigenvalue weighted by Gasteiger charge is 2.61. The average Bonchev–Trinajstić information content (AvgIpc) is 3.07. The zero-order valence-electron chi connectivity index (χ0n) is 17.0. The largest absolute Gasteiger partial charge is 0.497 e. The molecule has 0 aromatic heterocycles. The third-order valence-corrected chi connectivity index (χ3v) is 6.53. The van der Waals surface area contributed by atoms with Crippen LogP contribution in [0.15, 0.2) is 54.6 Å². The number of ether oxygens (including phenoxy) is 2. The minimum atomic E-state index is -1.16. The van der Waals surface area contributed by atoms with Gasteiger partial charge in [0.15, 0.2) is 5.78 Å². The van der Waals surface area contributed by atoms with E-state index in [-0.39, 0.29) is 17.9 Å². The molecule has 0 unspecified atom stereocenters. The van der Waals surface area contributed by atoms with Crippen LogP contribution in [0.2, 0.25) is 0 Å². The molecular weight excluding hydrogens is 366 g/mol. The second kappa shape index (κ2) is 7.99. The minimum Gasteiger partial charge on any atom is -0.497 e. The summed E-state index contributed by atoms with van der Waals surface area (Å²) in [5.41, 5.74) is 0.974. The fraction of sp³-hybridized carbons (Fsp3) is 0.417. The number of hydrogen-bond acceptors (Lipinski definition) is 5. The van der Waals surface area contributed by atoms with E-state index in [1.807, 2.05) is 42.5 Å². The molecule has 2 aliphatic heterocycles. The topological polar surface area (TPSA) is 55.8 Å². The number of hydrogen-bond donors (Lipinski definition) is 0. The Bertz CT molecular complexity index is 880. The predicted octanol–water partition coefficient (Wildman–Crippen LogP) is 3.40. The molecule has 5 nitrogen and oxygen atoms in total. The van der Waals surface area contributed by atoms with Crippen LogP contribution in [0.4, 0.5) is 0 Å². The minimum absolute atomic E-state index is 0.0111. The quantitative estimate of drug-likeness (QED) is 0.556. The zero-order valence-corrected chi connectivity index (χ0v) is 17.0. The molecule has 152 valence electrons. The van der Waals surface area contributed by atoms with E-state index in [0.29, 0.717) is 12.8 Å². The van der Waals surface area contributed by atoms with Gasteiger partial charge in [-0.15, -0.1) is 0 Å². The smallest absolute Gasteiger partial charge is 0.321 e. The summed E-state index contributed by atoms with van der Waals surface area (Å²) < 4.78 is 10.5. The van der Waals surface area contributed by atoms with Gasteiger partial charge in [-0.25, -0.2) is 0 Å². The summed E-state index contributed by atoms with van der Waals surface area (Å²) in [5, 5.41) is 0. The van der Waals surface area contributed by atoms with Crippen molar-refractivity contribution in [3.63, 3.8) is 0 Å². The molecule has 2 aromatic rings. The summed E-state index contributed by atoms with van der Waals surface area (Å²) in [5.74, 6) is 0.348. The molecule has 0 saturated carbocycles. The first-order valence-electron chi connectivity index (χ1n) is 10.1. The van der Waals surface area contributed by atoms with Crippen LogP contribution in [0.25, 0.3) is 0 Å². The number of esters is 1. The Labute approximate surface area is 171 Å². The molecule has 2 saturated heterocycles. The lowest BCUT2D eigenvalue weighted by Gasteiger charge is -2.45. The first-order valence-corrected chi connectivity index (χ1v) is 10.1. The van der Waals surface area contributed by atoms with Crippen molar-refractivity contribution in [3.8, 4) is 5.75 Å². The molecule has 2 heterocycles. The van der Waals surface area contributed by atoms with Gasteiger partial charge in [0, 0.05) is 25.0 Å². The van der Waals surface area contributed by atoms with Crippen LogP contribution in [-0.2, 0) is 27.3 Å².